The molecule has 0 aromatic rings. The van der Waals surface area contributed by atoms with Crippen LogP contribution in [-0.4, -0.2) is 35.9 Å². The smallest absolute Gasteiger partial charge is 0.248 e. The van der Waals surface area contributed by atoms with Crippen molar-refractivity contribution in [3.05, 3.63) is 0 Å². The van der Waals surface area contributed by atoms with Crippen molar-refractivity contribution in [1.29, 1.82) is 0 Å². The lowest BCUT2D eigenvalue weighted by Crippen LogP contribution is -2.37. The molecule has 2 aliphatic rings. The van der Waals surface area contributed by atoms with E-state index in [0.717, 1.165) is 38.2 Å². The largest absolute Gasteiger partial charge is 0.381 e. The molecule has 0 bridgehead atoms. The fourth-order valence-electron chi connectivity index (χ4n) is 1.91. The maximum atomic E-state index is 11.6. The Morgan fingerprint density at radius 3 is 2.79 bits per heavy atom. The van der Waals surface area contributed by atoms with Crippen LogP contribution in [0.5, 0.6) is 0 Å². The lowest BCUT2D eigenvalue weighted by Gasteiger charge is -2.27. The van der Waals surface area contributed by atoms with Gasteiger partial charge in [0.25, 0.3) is 0 Å². The highest BCUT2D eigenvalue weighted by molar-refractivity contribution is 6.04. The number of carbonyl (C=O) groups is 1. The molecule has 4 heteroatoms. The highest BCUT2D eigenvalue weighted by atomic mass is 16.5. The molecule has 2 heterocycles. The Bertz CT molecular complexity index is 257. The first-order valence-electron chi connectivity index (χ1n) is 5.27. The normalized spacial score (nSPS) is 24.2. The summed E-state index contributed by atoms with van der Waals surface area (Å²) in [5.74, 6) is 0.161. The van der Waals surface area contributed by atoms with Crippen molar-refractivity contribution < 1.29 is 9.53 Å². The molecule has 0 aliphatic carbocycles. The number of hydrazone groups is 1. The van der Waals surface area contributed by atoms with Crippen LogP contribution >= 0.6 is 0 Å². The van der Waals surface area contributed by atoms with Crippen molar-refractivity contribution in [3.63, 3.8) is 0 Å². The minimum Gasteiger partial charge on any atom is -0.381 e. The summed E-state index contributed by atoms with van der Waals surface area (Å²) in [6.07, 6.45) is 3.25. The molecule has 0 N–H and O–H groups in total. The van der Waals surface area contributed by atoms with Crippen molar-refractivity contribution >= 4 is 11.6 Å². The molecule has 78 valence electrons. The van der Waals surface area contributed by atoms with Gasteiger partial charge in [0.15, 0.2) is 0 Å². The number of rotatable bonds is 2. The molecule has 0 unspecified atom stereocenters. The Morgan fingerprint density at radius 2 is 2.21 bits per heavy atom. The molecule has 0 spiro atoms. The summed E-state index contributed by atoms with van der Waals surface area (Å²) in [6.45, 7) is 3.55. The van der Waals surface area contributed by atoms with E-state index in [9.17, 15) is 4.79 Å². The topological polar surface area (TPSA) is 41.9 Å². The summed E-state index contributed by atoms with van der Waals surface area (Å²) in [4.78, 5) is 11.6. The second-order valence-electron chi connectivity index (χ2n) is 3.78. The average molecular weight is 196 g/mol. The quantitative estimate of drug-likeness (QED) is 0.665. The summed E-state index contributed by atoms with van der Waals surface area (Å²) in [5, 5.41) is 6.04. The number of carbonyl (C=O) groups excluding carboxylic acids is 1. The Kier molecular flexibility index (Phi) is 2.82. The molecule has 1 fully saturated rings. The first-order valence-corrected chi connectivity index (χ1v) is 5.27. The Balaban J connectivity index is 2.02. The third kappa shape index (κ3) is 1.80. The molecular weight excluding hydrogens is 180 g/mol. The van der Waals surface area contributed by atoms with Crippen molar-refractivity contribution in [1.82, 2.24) is 5.01 Å². The van der Waals surface area contributed by atoms with E-state index < -0.39 is 0 Å². The van der Waals surface area contributed by atoms with E-state index in [-0.39, 0.29) is 11.9 Å². The van der Waals surface area contributed by atoms with E-state index in [4.69, 9.17) is 4.74 Å². The van der Waals surface area contributed by atoms with Crippen LogP contribution in [0.1, 0.15) is 32.6 Å². The van der Waals surface area contributed by atoms with Crippen LogP contribution in [0, 0.1) is 0 Å². The van der Waals surface area contributed by atoms with Gasteiger partial charge in [-0.3, -0.25) is 4.79 Å². The van der Waals surface area contributed by atoms with Crippen LogP contribution in [-0.2, 0) is 9.53 Å². The molecular formula is C10H16N2O2. The molecule has 0 aromatic heterocycles. The van der Waals surface area contributed by atoms with E-state index in [1.165, 1.54) is 0 Å². The Morgan fingerprint density at radius 1 is 1.50 bits per heavy atom. The number of hydrogen-bond donors (Lipinski definition) is 0. The maximum Gasteiger partial charge on any atom is 0.248 e. The van der Waals surface area contributed by atoms with Crippen LogP contribution in [0.4, 0.5) is 0 Å². The SMILES string of the molecule is CCC1=NN(C2CCOCC2)C(=O)C1. The second kappa shape index (κ2) is 4.09. The molecule has 2 rings (SSSR count). The van der Waals surface area contributed by atoms with Gasteiger partial charge in [-0.05, 0) is 19.3 Å². The fourth-order valence-corrected chi connectivity index (χ4v) is 1.91. The zero-order valence-electron chi connectivity index (χ0n) is 8.53. The maximum absolute atomic E-state index is 11.6. The highest BCUT2D eigenvalue weighted by Crippen LogP contribution is 2.20. The van der Waals surface area contributed by atoms with E-state index >= 15 is 0 Å². The molecule has 0 atom stereocenters. The third-order valence-corrected chi connectivity index (χ3v) is 2.80. The van der Waals surface area contributed by atoms with Gasteiger partial charge in [0.05, 0.1) is 12.5 Å². The van der Waals surface area contributed by atoms with E-state index in [0.29, 0.717) is 6.42 Å². The second-order valence-corrected chi connectivity index (χ2v) is 3.78. The van der Waals surface area contributed by atoms with Gasteiger partial charge in [0.1, 0.15) is 0 Å². The Labute approximate surface area is 83.9 Å². The van der Waals surface area contributed by atoms with Gasteiger partial charge in [0, 0.05) is 18.9 Å². The number of amides is 1. The molecule has 0 radical (unpaired) electrons. The van der Waals surface area contributed by atoms with Crippen LogP contribution in [0.2, 0.25) is 0 Å². The van der Waals surface area contributed by atoms with Gasteiger partial charge in [-0.15, -0.1) is 0 Å². The van der Waals surface area contributed by atoms with Crippen molar-refractivity contribution in [2.45, 2.75) is 38.6 Å². The summed E-state index contributed by atoms with van der Waals surface area (Å²) >= 11 is 0. The molecule has 1 saturated heterocycles. The van der Waals surface area contributed by atoms with E-state index in [1.807, 2.05) is 6.92 Å². The molecule has 14 heavy (non-hydrogen) atoms. The number of ether oxygens (including phenoxy) is 1. The van der Waals surface area contributed by atoms with Gasteiger partial charge in [-0.1, -0.05) is 6.92 Å². The lowest BCUT2D eigenvalue weighted by molar-refractivity contribution is -0.132. The first kappa shape index (κ1) is 9.65. The number of hydrogen-bond acceptors (Lipinski definition) is 3. The first-order chi connectivity index (χ1) is 6.81. The molecule has 0 saturated carbocycles. The average Bonchev–Trinajstić information content (AvgIpc) is 2.61. The van der Waals surface area contributed by atoms with E-state index in [2.05, 4.69) is 5.10 Å². The van der Waals surface area contributed by atoms with Gasteiger partial charge in [-0.25, -0.2) is 5.01 Å². The number of nitrogens with zero attached hydrogens (tertiary/aromatic N) is 2. The summed E-state index contributed by atoms with van der Waals surface area (Å²) in [7, 11) is 0. The molecule has 4 nitrogen and oxygen atoms in total. The third-order valence-electron chi connectivity index (χ3n) is 2.80. The Hall–Kier alpha value is -0.900. The monoisotopic (exact) mass is 196 g/mol. The van der Waals surface area contributed by atoms with Gasteiger partial charge < -0.3 is 4.74 Å². The summed E-state index contributed by atoms with van der Waals surface area (Å²) in [5.41, 5.74) is 1.02. The van der Waals surface area contributed by atoms with Crippen LogP contribution < -0.4 is 0 Å². The van der Waals surface area contributed by atoms with Crippen LogP contribution in [0.15, 0.2) is 5.10 Å². The molecule has 2 aliphatic heterocycles. The van der Waals surface area contributed by atoms with Crippen molar-refractivity contribution in [2.75, 3.05) is 13.2 Å². The summed E-state index contributed by atoms with van der Waals surface area (Å²) in [6, 6.07) is 0.278. The fraction of sp³-hybridized carbons (Fsp3) is 0.800. The van der Waals surface area contributed by atoms with Crippen LogP contribution in [0.25, 0.3) is 0 Å². The van der Waals surface area contributed by atoms with Gasteiger partial charge in [0.2, 0.25) is 5.91 Å². The van der Waals surface area contributed by atoms with Gasteiger partial charge in [-0.2, -0.15) is 5.10 Å². The lowest BCUT2D eigenvalue weighted by atomic mass is 10.1. The molecule has 1 amide bonds. The van der Waals surface area contributed by atoms with Crippen molar-refractivity contribution in [2.24, 2.45) is 5.10 Å². The molecule has 0 aromatic carbocycles. The predicted molar refractivity (Wildman–Crippen MR) is 53.0 cm³/mol. The van der Waals surface area contributed by atoms with E-state index in [1.54, 1.807) is 5.01 Å². The van der Waals surface area contributed by atoms with Crippen LogP contribution in [0.3, 0.4) is 0 Å². The predicted octanol–water partition coefficient (Wildman–Crippen LogP) is 1.16. The zero-order chi connectivity index (χ0) is 9.97. The minimum absolute atomic E-state index is 0.161. The standard InChI is InChI=1S/C10H16N2O2/c1-2-8-7-10(13)12(11-8)9-3-5-14-6-4-9/h9H,2-7H2,1H3. The summed E-state index contributed by atoms with van der Waals surface area (Å²) < 4.78 is 5.26. The minimum atomic E-state index is 0.161. The highest BCUT2D eigenvalue weighted by Gasteiger charge is 2.30. The zero-order valence-corrected chi connectivity index (χ0v) is 8.53. The van der Waals surface area contributed by atoms with Crippen molar-refractivity contribution in [3.8, 4) is 0 Å². The van der Waals surface area contributed by atoms with Gasteiger partial charge >= 0.3 is 0 Å².